The highest BCUT2D eigenvalue weighted by Gasteiger charge is 2.53. The smallest absolute Gasteiger partial charge is 0.340 e. The van der Waals surface area contributed by atoms with E-state index < -0.39 is 53.0 Å². The molecule has 1 aromatic heterocycles. The Hall–Kier alpha value is -3.29. The summed E-state index contributed by atoms with van der Waals surface area (Å²) in [6.07, 6.45) is -8.89. The number of amides is 1. The minimum atomic E-state index is -5.22. The van der Waals surface area contributed by atoms with Crippen LogP contribution in [0.15, 0.2) is 30.3 Å². The molecule has 3 atom stereocenters. The third-order valence-corrected chi connectivity index (χ3v) is 6.82. The molecule has 36 heavy (non-hydrogen) atoms. The summed E-state index contributed by atoms with van der Waals surface area (Å²) in [6, 6.07) is 6.54. The number of nitriles is 1. The molecule has 1 aromatic carbocycles. The molecule has 2 fully saturated rings. The zero-order valence-electron chi connectivity index (χ0n) is 19.8. The van der Waals surface area contributed by atoms with E-state index in [-0.39, 0.29) is 18.0 Å². The predicted molar refractivity (Wildman–Crippen MR) is 120 cm³/mol. The summed E-state index contributed by atoms with van der Waals surface area (Å²) in [6.45, 7) is 5.41. The van der Waals surface area contributed by atoms with Crippen molar-refractivity contribution in [2.75, 3.05) is 9.80 Å². The molecule has 0 radical (unpaired) electrons. The van der Waals surface area contributed by atoms with Crippen LogP contribution in [0.4, 0.5) is 37.8 Å². The lowest BCUT2D eigenvalue weighted by Gasteiger charge is -2.40. The Morgan fingerprint density at radius 2 is 1.83 bits per heavy atom. The van der Waals surface area contributed by atoms with E-state index in [1.165, 1.54) is 15.9 Å². The maximum Gasteiger partial charge on any atom is 0.433 e. The van der Waals surface area contributed by atoms with E-state index in [1.807, 2.05) is 13.0 Å². The number of benzene rings is 1. The number of anilines is 2. The van der Waals surface area contributed by atoms with Gasteiger partial charge >= 0.3 is 12.4 Å². The molecule has 1 saturated heterocycles. The maximum absolute atomic E-state index is 14.0. The van der Waals surface area contributed by atoms with E-state index in [1.54, 1.807) is 32.0 Å². The maximum atomic E-state index is 14.0. The fourth-order valence-electron chi connectivity index (χ4n) is 5.41. The van der Waals surface area contributed by atoms with Crippen LogP contribution in [-0.2, 0) is 17.1 Å². The molecule has 1 aliphatic heterocycles. The summed E-state index contributed by atoms with van der Waals surface area (Å²) in [4.78, 5) is 20.2. The van der Waals surface area contributed by atoms with Gasteiger partial charge in [0.05, 0.1) is 5.56 Å². The molecule has 2 heterocycles. The summed E-state index contributed by atoms with van der Waals surface area (Å²) in [5.41, 5.74) is -3.01. The number of nitrogens with zero attached hydrogens (tertiary/aromatic N) is 4. The Morgan fingerprint density at radius 1 is 1.14 bits per heavy atom. The van der Waals surface area contributed by atoms with Crippen LogP contribution in [0.1, 0.15) is 55.5 Å². The fourth-order valence-corrected chi connectivity index (χ4v) is 5.41. The van der Waals surface area contributed by atoms with Crippen LogP contribution in [0, 0.1) is 24.2 Å². The number of aromatic nitrogens is 1. The van der Waals surface area contributed by atoms with Gasteiger partial charge in [0.2, 0.25) is 5.91 Å². The van der Waals surface area contributed by atoms with Gasteiger partial charge in [0.15, 0.2) is 0 Å². The highest BCUT2D eigenvalue weighted by molar-refractivity contribution is 6.00. The molecule has 0 spiro atoms. The molecule has 2 aromatic rings. The SMILES string of the molecule is Cc1cccc(N(C(=O)[C@@H]2[C@H]3CC[C@H](C3)N2c2nc(C(F)(F)F)cc(C(F)(F)F)c2C#N)C(C)C)c1. The zero-order chi connectivity index (χ0) is 26.6. The monoisotopic (exact) mass is 510 g/mol. The van der Waals surface area contributed by atoms with Crippen LogP contribution in [0.5, 0.6) is 0 Å². The molecule has 192 valence electrons. The third-order valence-electron chi connectivity index (χ3n) is 6.82. The van der Waals surface area contributed by atoms with E-state index in [0.29, 0.717) is 24.9 Å². The zero-order valence-corrected chi connectivity index (χ0v) is 19.8. The van der Waals surface area contributed by atoms with Crippen molar-refractivity contribution in [2.24, 2.45) is 5.92 Å². The standard InChI is InChI=1S/C25H24F6N4O/c1-13(2)34(16-6-4-5-14(3)9-16)23(36)21-15-7-8-17(10-15)35(21)22-18(12-32)19(24(26,27)28)11-20(33-22)25(29,30)31/h4-6,9,11,13,15,17,21H,7-8,10H2,1-3H3/t15-,17+,21-/m0/s1. The van der Waals surface area contributed by atoms with Gasteiger partial charge in [0.1, 0.15) is 29.2 Å². The number of rotatable bonds is 4. The number of carbonyl (C=O) groups is 1. The number of aryl methyl sites for hydroxylation is 1. The molecule has 4 rings (SSSR count). The summed E-state index contributed by atoms with van der Waals surface area (Å²) in [5.74, 6) is -1.47. The molecular formula is C25H24F6N4O. The summed E-state index contributed by atoms with van der Waals surface area (Å²) in [7, 11) is 0. The van der Waals surface area contributed by atoms with Crippen LogP contribution >= 0.6 is 0 Å². The Labute approximate surface area is 204 Å². The van der Waals surface area contributed by atoms with Crippen molar-refractivity contribution in [2.45, 2.75) is 70.5 Å². The molecule has 2 aliphatic rings. The van der Waals surface area contributed by atoms with Crippen LogP contribution in [0.25, 0.3) is 0 Å². The number of pyridine rings is 1. The molecule has 11 heteroatoms. The van der Waals surface area contributed by atoms with Crippen molar-refractivity contribution >= 4 is 17.4 Å². The Morgan fingerprint density at radius 3 is 2.39 bits per heavy atom. The van der Waals surface area contributed by atoms with Gasteiger partial charge in [0.25, 0.3) is 0 Å². The number of halogens is 6. The van der Waals surface area contributed by atoms with Crippen molar-refractivity contribution in [3.8, 4) is 6.07 Å². The fraction of sp³-hybridized carbons (Fsp3) is 0.480. The van der Waals surface area contributed by atoms with Gasteiger partial charge in [-0.3, -0.25) is 4.79 Å². The first-order chi connectivity index (χ1) is 16.7. The van der Waals surface area contributed by atoms with Crippen molar-refractivity contribution in [3.63, 3.8) is 0 Å². The molecule has 0 N–H and O–H groups in total. The normalized spacial score (nSPS) is 21.7. The highest BCUT2D eigenvalue weighted by Crippen LogP contribution is 2.48. The van der Waals surface area contributed by atoms with Gasteiger partial charge in [-0.05, 0) is 69.7 Å². The van der Waals surface area contributed by atoms with E-state index in [2.05, 4.69) is 4.98 Å². The molecule has 0 unspecified atom stereocenters. The van der Waals surface area contributed by atoms with Gasteiger partial charge in [0, 0.05) is 17.8 Å². The Bertz CT molecular complexity index is 1220. The second-order valence-electron chi connectivity index (χ2n) is 9.58. The van der Waals surface area contributed by atoms with Crippen LogP contribution in [-0.4, -0.2) is 29.0 Å². The molecular weight excluding hydrogens is 486 g/mol. The number of fused-ring (bicyclic) bond motifs is 2. The lowest BCUT2D eigenvalue weighted by molar-refractivity contribution is -0.145. The van der Waals surface area contributed by atoms with E-state index in [9.17, 15) is 36.4 Å². The number of alkyl halides is 6. The summed E-state index contributed by atoms with van der Waals surface area (Å²) < 4.78 is 82.1. The first-order valence-electron chi connectivity index (χ1n) is 11.5. The van der Waals surface area contributed by atoms with E-state index in [4.69, 9.17) is 0 Å². The largest absolute Gasteiger partial charge is 0.433 e. The van der Waals surface area contributed by atoms with Gasteiger partial charge < -0.3 is 9.80 Å². The topological polar surface area (TPSA) is 60.2 Å². The van der Waals surface area contributed by atoms with Crippen molar-refractivity contribution < 1.29 is 31.1 Å². The summed E-state index contributed by atoms with van der Waals surface area (Å²) >= 11 is 0. The van der Waals surface area contributed by atoms with E-state index >= 15 is 0 Å². The lowest BCUT2D eigenvalue weighted by Crippen LogP contribution is -2.54. The minimum absolute atomic E-state index is 0.139. The van der Waals surface area contributed by atoms with Gasteiger partial charge in [-0.2, -0.15) is 31.6 Å². The van der Waals surface area contributed by atoms with Crippen molar-refractivity contribution in [1.29, 1.82) is 5.26 Å². The average Bonchev–Trinajstić information content (AvgIpc) is 3.38. The number of carbonyl (C=O) groups excluding carboxylic acids is 1. The average molecular weight is 510 g/mol. The number of piperidine rings is 1. The molecule has 2 bridgehead atoms. The second kappa shape index (κ2) is 8.98. The van der Waals surface area contributed by atoms with Crippen molar-refractivity contribution in [1.82, 2.24) is 4.98 Å². The second-order valence-corrected chi connectivity index (χ2v) is 9.58. The highest BCUT2D eigenvalue weighted by atomic mass is 19.4. The molecule has 5 nitrogen and oxygen atoms in total. The molecule has 1 saturated carbocycles. The third kappa shape index (κ3) is 4.49. The van der Waals surface area contributed by atoms with Crippen molar-refractivity contribution in [3.05, 3.63) is 52.7 Å². The first-order valence-corrected chi connectivity index (χ1v) is 11.5. The molecule has 1 aliphatic carbocycles. The van der Waals surface area contributed by atoms with E-state index in [0.717, 1.165) is 5.56 Å². The molecule has 1 amide bonds. The van der Waals surface area contributed by atoms with Gasteiger partial charge in [-0.1, -0.05) is 12.1 Å². The first kappa shape index (κ1) is 25.8. The lowest BCUT2D eigenvalue weighted by atomic mass is 9.95. The minimum Gasteiger partial charge on any atom is -0.340 e. The van der Waals surface area contributed by atoms with Gasteiger partial charge in [-0.25, -0.2) is 4.98 Å². The number of hydrogen-bond donors (Lipinski definition) is 0. The van der Waals surface area contributed by atoms with Crippen LogP contribution < -0.4 is 9.80 Å². The van der Waals surface area contributed by atoms with Crippen LogP contribution in [0.2, 0.25) is 0 Å². The Balaban J connectivity index is 1.89. The number of hydrogen-bond acceptors (Lipinski definition) is 4. The van der Waals surface area contributed by atoms with Crippen LogP contribution in [0.3, 0.4) is 0 Å². The van der Waals surface area contributed by atoms with Gasteiger partial charge in [-0.15, -0.1) is 0 Å². The Kier molecular flexibility index (Phi) is 6.43. The summed E-state index contributed by atoms with van der Waals surface area (Å²) in [5, 5.41) is 9.62. The predicted octanol–water partition coefficient (Wildman–Crippen LogP) is 6.10. The quantitative estimate of drug-likeness (QED) is 0.467.